The number of hydrogen-bond donors (Lipinski definition) is 2. The van der Waals surface area contributed by atoms with E-state index in [1.54, 1.807) is 54.4 Å². The zero-order chi connectivity index (χ0) is 19.7. The zero-order valence-corrected chi connectivity index (χ0v) is 15.7. The van der Waals surface area contributed by atoms with Crippen molar-refractivity contribution in [2.24, 2.45) is 0 Å². The van der Waals surface area contributed by atoms with Crippen molar-refractivity contribution in [1.82, 2.24) is 9.78 Å². The van der Waals surface area contributed by atoms with Gasteiger partial charge >= 0.3 is 0 Å². The molecule has 2 heterocycles. The Hall–Kier alpha value is -3.32. The fourth-order valence-electron chi connectivity index (χ4n) is 3.14. The van der Waals surface area contributed by atoms with Crippen LogP contribution in [0.25, 0.3) is 11.1 Å². The number of ether oxygens (including phenoxy) is 1. The lowest BCUT2D eigenvalue weighted by Gasteiger charge is -2.24. The van der Waals surface area contributed by atoms with E-state index in [1.807, 2.05) is 12.1 Å². The molecular weight excluding hydrogens is 380 g/mol. The summed E-state index contributed by atoms with van der Waals surface area (Å²) in [6.07, 6.45) is 1.64. The third-order valence-corrected chi connectivity index (χ3v) is 4.77. The molecule has 2 N–H and O–H groups in total. The fourth-order valence-corrected chi connectivity index (χ4v) is 3.27. The molecule has 3 aromatic rings. The van der Waals surface area contributed by atoms with Gasteiger partial charge in [-0.1, -0.05) is 29.8 Å². The maximum absolute atomic E-state index is 12.9. The Morgan fingerprint density at radius 1 is 1.29 bits per heavy atom. The van der Waals surface area contributed by atoms with Crippen LogP contribution in [0.1, 0.15) is 12.5 Å². The first-order valence-corrected chi connectivity index (χ1v) is 9.01. The Labute approximate surface area is 166 Å². The molecule has 0 radical (unpaired) electrons. The minimum Gasteiger partial charge on any atom is -0.497 e. The summed E-state index contributed by atoms with van der Waals surface area (Å²) in [5.74, 6) is 0.553. The largest absolute Gasteiger partial charge is 0.497 e. The summed E-state index contributed by atoms with van der Waals surface area (Å²) in [6, 6.07) is 13.5. The lowest BCUT2D eigenvalue weighted by molar-refractivity contribution is -0.125. The van der Waals surface area contributed by atoms with Crippen LogP contribution < -0.4 is 15.4 Å². The molecule has 1 aromatic heterocycles. The maximum Gasteiger partial charge on any atom is 0.249 e. The second kappa shape index (κ2) is 7.36. The van der Waals surface area contributed by atoms with Crippen molar-refractivity contribution in [2.45, 2.75) is 12.5 Å². The van der Waals surface area contributed by atoms with Crippen molar-refractivity contribution in [2.75, 3.05) is 17.7 Å². The van der Waals surface area contributed by atoms with Gasteiger partial charge in [-0.25, -0.2) is 4.68 Å². The molecule has 2 aromatic carbocycles. The number of amides is 2. The monoisotopic (exact) mass is 396 g/mol. The summed E-state index contributed by atoms with van der Waals surface area (Å²) in [5, 5.41) is 10.6. The van der Waals surface area contributed by atoms with Gasteiger partial charge in [-0.05, 0) is 29.8 Å². The molecule has 0 aliphatic carbocycles. The fraction of sp³-hybridized carbons (Fsp3) is 0.150. The molecule has 7 nitrogen and oxygen atoms in total. The van der Waals surface area contributed by atoms with Crippen molar-refractivity contribution in [3.63, 3.8) is 0 Å². The molecule has 1 atom stereocenters. The summed E-state index contributed by atoms with van der Waals surface area (Å²) in [7, 11) is 1.56. The SMILES string of the molecule is COc1cccc(NC(=O)[C@H]2CC(=O)Nc3c(-c4ccc(Cl)cc4)cnn32)c1. The predicted molar refractivity (Wildman–Crippen MR) is 107 cm³/mol. The van der Waals surface area contributed by atoms with Crippen LogP contribution >= 0.6 is 11.6 Å². The number of anilines is 2. The van der Waals surface area contributed by atoms with Crippen molar-refractivity contribution in [1.29, 1.82) is 0 Å². The summed E-state index contributed by atoms with van der Waals surface area (Å²) in [6.45, 7) is 0. The lowest BCUT2D eigenvalue weighted by atomic mass is 10.1. The zero-order valence-electron chi connectivity index (χ0n) is 15.0. The van der Waals surface area contributed by atoms with Crippen LogP contribution in [0.4, 0.5) is 11.5 Å². The van der Waals surface area contributed by atoms with Crippen LogP contribution in [-0.4, -0.2) is 28.7 Å². The quantitative estimate of drug-likeness (QED) is 0.703. The molecule has 2 amide bonds. The number of nitrogens with one attached hydrogen (secondary N) is 2. The van der Waals surface area contributed by atoms with Gasteiger partial charge in [0.15, 0.2) is 0 Å². The molecule has 1 aliphatic rings. The smallest absolute Gasteiger partial charge is 0.249 e. The van der Waals surface area contributed by atoms with E-state index in [4.69, 9.17) is 16.3 Å². The second-order valence-corrected chi connectivity index (χ2v) is 6.78. The Balaban J connectivity index is 1.64. The molecule has 0 bridgehead atoms. The van der Waals surface area contributed by atoms with E-state index in [0.717, 1.165) is 11.1 Å². The number of carbonyl (C=O) groups excluding carboxylic acids is 2. The average molecular weight is 397 g/mol. The van der Waals surface area contributed by atoms with Crippen LogP contribution in [-0.2, 0) is 9.59 Å². The van der Waals surface area contributed by atoms with Gasteiger partial charge in [0.25, 0.3) is 0 Å². The molecule has 28 heavy (non-hydrogen) atoms. The van der Waals surface area contributed by atoms with Gasteiger partial charge in [0, 0.05) is 22.3 Å². The molecule has 0 saturated heterocycles. The molecule has 142 valence electrons. The highest BCUT2D eigenvalue weighted by Gasteiger charge is 2.33. The number of hydrogen-bond acceptors (Lipinski definition) is 4. The van der Waals surface area contributed by atoms with E-state index in [-0.39, 0.29) is 18.2 Å². The molecule has 0 spiro atoms. The standard InChI is InChI=1S/C20H17ClN4O3/c1-28-15-4-2-3-14(9-15)23-20(27)17-10-18(26)24-19-16(11-22-25(17)19)12-5-7-13(21)8-6-12/h2-9,11,17H,10H2,1H3,(H,23,27)(H,24,26)/t17-/m1/s1. The Morgan fingerprint density at radius 2 is 2.07 bits per heavy atom. The third kappa shape index (κ3) is 3.44. The van der Waals surface area contributed by atoms with E-state index in [1.165, 1.54) is 0 Å². The molecular formula is C20H17ClN4O3. The first kappa shape index (κ1) is 18.1. The molecule has 8 heteroatoms. The molecule has 0 unspecified atom stereocenters. The summed E-state index contributed by atoms with van der Waals surface area (Å²) >= 11 is 5.95. The number of methoxy groups -OCH3 is 1. The van der Waals surface area contributed by atoms with Crippen LogP contribution in [0.15, 0.2) is 54.7 Å². The highest BCUT2D eigenvalue weighted by atomic mass is 35.5. The first-order valence-electron chi connectivity index (χ1n) is 8.63. The van der Waals surface area contributed by atoms with E-state index in [0.29, 0.717) is 22.3 Å². The van der Waals surface area contributed by atoms with Crippen molar-refractivity contribution in [3.05, 3.63) is 59.8 Å². The third-order valence-electron chi connectivity index (χ3n) is 4.52. The topological polar surface area (TPSA) is 85.2 Å². The van der Waals surface area contributed by atoms with Crippen LogP contribution in [0.3, 0.4) is 0 Å². The van der Waals surface area contributed by atoms with Gasteiger partial charge in [-0.2, -0.15) is 5.10 Å². The summed E-state index contributed by atoms with van der Waals surface area (Å²) in [5.41, 5.74) is 2.16. The highest BCUT2D eigenvalue weighted by molar-refractivity contribution is 6.30. The van der Waals surface area contributed by atoms with E-state index < -0.39 is 6.04 Å². The minimum absolute atomic E-state index is 0.00450. The maximum atomic E-state index is 12.9. The summed E-state index contributed by atoms with van der Waals surface area (Å²) < 4.78 is 6.72. The number of aromatic nitrogens is 2. The number of nitrogens with zero attached hydrogens (tertiary/aromatic N) is 2. The van der Waals surface area contributed by atoms with Gasteiger partial charge in [0.1, 0.15) is 17.6 Å². The normalized spacial score (nSPS) is 15.5. The van der Waals surface area contributed by atoms with E-state index >= 15 is 0 Å². The number of halogens is 1. The van der Waals surface area contributed by atoms with Crippen molar-refractivity contribution in [3.8, 4) is 16.9 Å². The van der Waals surface area contributed by atoms with Crippen LogP contribution in [0, 0.1) is 0 Å². The number of fused-ring (bicyclic) bond motifs is 1. The van der Waals surface area contributed by atoms with Crippen molar-refractivity contribution < 1.29 is 14.3 Å². The number of benzene rings is 2. The average Bonchev–Trinajstić information content (AvgIpc) is 3.11. The predicted octanol–water partition coefficient (Wildman–Crippen LogP) is 3.73. The highest BCUT2D eigenvalue weighted by Crippen LogP contribution is 2.35. The van der Waals surface area contributed by atoms with E-state index in [9.17, 15) is 9.59 Å². The number of carbonyl (C=O) groups is 2. The molecule has 4 rings (SSSR count). The molecule has 1 aliphatic heterocycles. The van der Waals surface area contributed by atoms with Gasteiger partial charge in [0.2, 0.25) is 11.8 Å². The van der Waals surface area contributed by atoms with Gasteiger partial charge in [0.05, 0.1) is 19.7 Å². The summed E-state index contributed by atoms with van der Waals surface area (Å²) in [4.78, 5) is 25.1. The van der Waals surface area contributed by atoms with Gasteiger partial charge in [-0.15, -0.1) is 0 Å². The Morgan fingerprint density at radius 3 is 2.82 bits per heavy atom. The Bertz CT molecular complexity index is 1050. The minimum atomic E-state index is -0.754. The van der Waals surface area contributed by atoms with E-state index in [2.05, 4.69) is 15.7 Å². The second-order valence-electron chi connectivity index (χ2n) is 6.35. The van der Waals surface area contributed by atoms with Crippen LogP contribution in [0.2, 0.25) is 5.02 Å². The van der Waals surface area contributed by atoms with Gasteiger partial charge < -0.3 is 15.4 Å². The lowest BCUT2D eigenvalue weighted by Crippen LogP contribution is -2.35. The number of rotatable bonds is 4. The Kier molecular flexibility index (Phi) is 4.75. The van der Waals surface area contributed by atoms with Crippen molar-refractivity contribution >= 4 is 34.9 Å². The van der Waals surface area contributed by atoms with Crippen LogP contribution in [0.5, 0.6) is 5.75 Å². The molecule has 0 saturated carbocycles. The van der Waals surface area contributed by atoms with Gasteiger partial charge in [-0.3, -0.25) is 9.59 Å². The first-order chi connectivity index (χ1) is 13.5. The molecule has 0 fully saturated rings.